The van der Waals surface area contributed by atoms with E-state index in [1.165, 1.54) is 5.56 Å². The summed E-state index contributed by atoms with van der Waals surface area (Å²) in [6, 6.07) is 10.1. The first-order valence-corrected chi connectivity index (χ1v) is 4.29. The summed E-state index contributed by atoms with van der Waals surface area (Å²) in [5.74, 6) is 0.179. The first-order valence-electron chi connectivity index (χ1n) is 4.29. The molecule has 0 aliphatic heterocycles. The van der Waals surface area contributed by atoms with Gasteiger partial charge in [0.1, 0.15) is 0 Å². The molecule has 0 saturated heterocycles. The van der Waals surface area contributed by atoms with Crippen LogP contribution in [0.1, 0.15) is 32.3 Å². The lowest BCUT2D eigenvalue weighted by Crippen LogP contribution is -2.26. The van der Waals surface area contributed by atoms with Crippen molar-refractivity contribution in [3.63, 3.8) is 0 Å². The van der Waals surface area contributed by atoms with Crippen LogP contribution in [0.25, 0.3) is 0 Å². The van der Waals surface area contributed by atoms with Crippen molar-refractivity contribution >= 4 is 0 Å². The molecule has 0 fully saturated rings. The molecule has 0 spiro atoms. The molecule has 0 heterocycles. The Hall–Kier alpha value is -0.820. The van der Waals surface area contributed by atoms with Crippen molar-refractivity contribution in [1.29, 1.82) is 0 Å². The largest absolute Gasteiger partial charge is 0.390 e. The highest BCUT2D eigenvalue weighted by Crippen LogP contribution is 2.26. The van der Waals surface area contributed by atoms with E-state index in [1.54, 1.807) is 0 Å². The molecule has 0 unspecified atom stereocenters. The molecule has 0 aliphatic rings. The Bertz CT molecular complexity index is 233. The molecule has 12 heavy (non-hydrogen) atoms. The fourth-order valence-corrected chi connectivity index (χ4v) is 1.15. The highest BCUT2D eigenvalue weighted by Gasteiger charge is 2.23. The Balaban J connectivity index is 2.86. The zero-order chi connectivity index (χ0) is 9.19. The summed E-state index contributed by atoms with van der Waals surface area (Å²) < 4.78 is 0. The molecule has 0 amide bonds. The monoisotopic (exact) mass is 164 g/mol. The number of hydrogen-bond donors (Lipinski definition) is 1. The maximum Gasteiger partial charge on any atom is 0.0657 e. The van der Waals surface area contributed by atoms with Gasteiger partial charge in [0.05, 0.1) is 5.60 Å². The van der Waals surface area contributed by atoms with E-state index in [9.17, 15) is 5.11 Å². The maximum absolute atomic E-state index is 9.74. The van der Waals surface area contributed by atoms with Gasteiger partial charge in [-0.25, -0.2) is 0 Å². The van der Waals surface area contributed by atoms with Crippen LogP contribution in [0.15, 0.2) is 30.3 Å². The van der Waals surface area contributed by atoms with Gasteiger partial charge in [-0.1, -0.05) is 37.3 Å². The fourth-order valence-electron chi connectivity index (χ4n) is 1.15. The third kappa shape index (κ3) is 2.08. The third-order valence-electron chi connectivity index (χ3n) is 2.36. The average molecular weight is 164 g/mol. The van der Waals surface area contributed by atoms with E-state index in [2.05, 4.69) is 0 Å². The second-order valence-electron chi connectivity index (χ2n) is 3.79. The number of benzene rings is 1. The van der Waals surface area contributed by atoms with E-state index < -0.39 is 5.60 Å². The summed E-state index contributed by atoms with van der Waals surface area (Å²) in [7, 11) is 0. The molecule has 66 valence electrons. The zero-order valence-corrected chi connectivity index (χ0v) is 7.91. The smallest absolute Gasteiger partial charge is 0.0657 e. The minimum Gasteiger partial charge on any atom is -0.390 e. The van der Waals surface area contributed by atoms with Crippen molar-refractivity contribution in [1.82, 2.24) is 0 Å². The molecule has 1 atom stereocenters. The molecule has 0 aliphatic carbocycles. The molecule has 1 N–H and O–H groups in total. The predicted molar refractivity (Wildman–Crippen MR) is 51.2 cm³/mol. The van der Waals surface area contributed by atoms with Crippen molar-refractivity contribution < 1.29 is 5.11 Å². The summed E-state index contributed by atoms with van der Waals surface area (Å²) >= 11 is 0. The Labute approximate surface area is 74.1 Å². The van der Waals surface area contributed by atoms with Gasteiger partial charge in [-0.3, -0.25) is 0 Å². The molecule has 1 aromatic rings. The van der Waals surface area contributed by atoms with E-state index in [0.29, 0.717) is 0 Å². The lowest BCUT2D eigenvalue weighted by atomic mass is 9.87. The van der Waals surface area contributed by atoms with Gasteiger partial charge in [0, 0.05) is 5.92 Å². The number of aliphatic hydroxyl groups is 1. The van der Waals surface area contributed by atoms with Crippen molar-refractivity contribution in [2.24, 2.45) is 0 Å². The normalized spacial score (nSPS) is 14.3. The Kier molecular flexibility index (Phi) is 2.53. The number of hydrogen-bond acceptors (Lipinski definition) is 1. The summed E-state index contributed by atoms with van der Waals surface area (Å²) in [6.07, 6.45) is 0. The molecule has 1 aromatic carbocycles. The molecular formula is C11H16O. The zero-order valence-electron chi connectivity index (χ0n) is 7.91. The van der Waals surface area contributed by atoms with Gasteiger partial charge >= 0.3 is 0 Å². The van der Waals surface area contributed by atoms with E-state index in [-0.39, 0.29) is 5.92 Å². The average Bonchev–Trinajstić information content (AvgIpc) is 2.03. The van der Waals surface area contributed by atoms with Crippen molar-refractivity contribution in [3.05, 3.63) is 35.9 Å². The second-order valence-corrected chi connectivity index (χ2v) is 3.79. The van der Waals surface area contributed by atoms with Gasteiger partial charge in [-0.2, -0.15) is 0 Å². The SMILES string of the molecule is C[C@H](c1ccccc1)C(C)(C)O. The predicted octanol–water partition coefficient (Wildman–Crippen LogP) is 2.56. The highest BCUT2D eigenvalue weighted by atomic mass is 16.3. The van der Waals surface area contributed by atoms with Crippen LogP contribution in [-0.2, 0) is 0 Å². The van der Waals surface area contributed by atoms with Gasteiger partial charge in [-0.15, -0.1) is 0 Å². The van der Waals surface area contributed by atoms with Gasteiger partial charge in [0.15, 0.2) is 0 Å². The molecule has 1 nitrogen and oxygen atoms in total. The quantitative estimate of drug-likeness (QED) is 0.712. The molecule has 0 aromatic heterocycles. The van der Waals surface area contributed by atoms with E-state index in [1.807, 2.05) is 51.1 Å². The highest BCUT2D eigenvalue weighted by molar-refractivity contribution is 5.21. The third-order valence-corrected chi connectivity index (χ3v) is 2.36. The summed E-state index contributed by atoms with van der Waals surface area (Å²) in [6.45, 7) is 5.71. The topological polar surface area (TPSA) is 20.2 Å². The first kappa shape index (κ1) is 9.27. The Morgan fingerprint density at radius 2 is 1.67 bits per heavy atom. The summed E-state index contributed by atoms with van der Waals surface area (Å²) in [5.41, 5.74) is 0.548. The van der Waals surface area contributed by atoms with Crippen LogP contribution in [0.5, 0.6) is 0 Å². The van der Waals surface area contributed by atoms with Gasteiger partial charge in [-0.05, 0) is 19.4 Å². The molecule has 1 rings (SSSR count). The van der Waals surface area contributed by atoms with Crippen LogP contribution in [0.2, 0.25) is 0 Å². The van der Waals surface area contributed by atoms with Crippen LogP contribution < -0.4 is 0 Å². The molecular weight excluding hydrogens is 148 g/mol. The maximum atomic E-state index is 9.74. The molecule has 0 bridgehead atoms. The summed E-state index contributed by atoms with van der Waals surface area (Å²) in [4.78, 5) is 0. The van der Waals surface area contributed by atoms with E-state index in [0.717, 1.165) is 0 Å². The van der Waals surface area contributed by atoms with Crippen molar-refractivity contribution in [3.8, 4) is 0 Å². The lowest BCUT2D eigenvalue weighted by molar-refractivity contribution is 0.0559. The molecule has 0 radical (unpaired) electrons. The van der Waals surface area contributed by atoms with Crippen LogP contribution in [-0.4, -0.2) is 10.7 Å². The number of rotatable bonds is 2. The Morgan fingerprint density at radius 3 is 2.08 bits per heavy atom. The first-order chi connectivity index (χ1) is 5.52. The van der Waals surface area contributed by atoms with Crippen LogP contribution in [0.4, 0.5) is 0 Å². The standard InChI is InChI=1S/C11H16O/c1-9(11(2,3)12)10-7-5-4-6-8-10/h4-9,12H,1-3H3/t9-/m1/s1. The van der Waals surface area contributed by atoms with Crippen LogP contribution >= 0.6 is 0 Å². The Morgan fingerprint density at radius 1 is 1.17 bits per heavy atom. The van der Waals surface area contributed by atoms with Gasteiger partial charge < -0.3 is 5.11 Å². The van der Waals surface area contributed by atoms with Crippen molar-refractivity contribution in [2.45, 2.75) is 32.3 Å². The molecule has 0 saturated carbocycles. The lowest BCUT2D eigenvalue weighted by Gasteiger charge is -2.26. The minimum absolute atomic E-state index is 0.179. The van der Waals surface area contributed by atoms with Gasteiger partial charge in [0.2, 0.25) is 0 Å². The fraction of sp³-hybridized carbons (Fsp3) is 0.455. The van der Waals surface area contributed by atoms with Gasteiger partial charge in [0.25, 0.3) is 0 Å². The van der Waals surface area contributed by atoms with Crippen LogP contribution in [0.3, 0.4) is 0 Å². The van der Waals surface area contributed by atoms with E-state index >= 15 is 0 Å². The summed E-state index contributed by atoms with van der Waals surface area (Å²) in [5, 5.41) is 9.74. The molecule has 1 heteroatoms. The van der Waals surface area contributed by atoms with E-state index in [4.69, 9.17) is 0 Å². The van der Waals surface area contributed by atoms with Crippen LogP contribution in [0, 0.1) is 0 Å². The second kappa shape index (κ2) is 3.28. The van der Waals surface area contributed by atoms with Crippen molar-refractivity contribution in [2.75, 3.05) is 0 Å². The minimum atomic E-state index is -0.638.